The third kappa shape index (κ3) is 3.92. The number of carbonyl (C=O) groups is 2. The fourth-order valence-electron chi connectivity index (χ4n) is 2.25. The molecule has 26 heavy (non-hydrogen) atoms. The van der Waals surface area contributed by atoms with Gasteiger partial charge in [-0.25, -0.2) is 4.79 Å². The van der Waals surface area contributed by atoms with Crippen molar-refractivity contribution < 1.29 is 14.3 Å². The van der Waals surface area contributed by atoms with Gasteiger partial charge in [0.2, 0.25) is 0 Å². The van der Waals surface area contributed by atoms with E-state index in [-0.39, 0.29) is 11.3 Å². The molecule has 0 saturated carbocycles. The Bertz CT molecular complexity index is 1010. The van der Waals surface area contributed by atoms with Gasteiger partial charge in [0, 0.05) is 12.4 Å². The molecule has 132 valence electrons. The van der Waals surface area contributed by atoms with Crippen LogP contribution >= 0.6 is 23.2 Å². The summed E-state index contributed by atoms with van der Waals surface area (Å²) in [5.74, 6) is -1.19. The minimum absolute atomic E-state index is 0.275. The first-order valence-corrected chi connectivity index (χ1v) is 8.33. The van der Waals surface area contributed by atoms with Gasteiger partial charge in [0.05, 0.1) is 32.3 Å². The number of nitrogens with one attached hydrogen (secondary N) is 1. The van der Waals surface area contributed by atoms with Crippen LogP contribution in [0.5, 0.6) is 0 Å². The highest BCUT2D eigenvalue weighted by atomic mass is 35.5. The van der Waals surface area contributed by atoms with Crippen molar-refractivity contribution >= 4 is 51.8 Å². The fourth-order valence-corrected chi connectivity index (χ4v) is 2.72. The molecule has 0 saturated heterocycles. The third-order valence-electron chi connectivity index (χ3n) is 3.59. The van der Waals surface area contributed by atoms with E-state index in [0.29, 0.717) is 21.1 Å². The molecule has 0 atom stereocenters. The van der Waals surface area contributed by atoms with Gasteiger partial charge in [-0.2, -0.15) is 0 Å². The Morgan fingerprint density at radius 1 is 1.08 bits per heavy atom. The van der Waals surface area contributed by atoms with Crippen molar-refractivity contribution in [3.8, 4) is 0 Å². The Hall–Kier alpha value is -2.70. The molecule has 1 amide bonds. The second-order valence-electron chi connectivity index (χ2n) is 5.44. The van der Waals surface area contributed by atoms with Gasteiger partial charge in [-0.05, 0) is 36.8 Å². The zero-order chi connectivity index (χ0) is 18.7. The molecule has 0 fully saturated rings. The van der Waals surface area contributed by atoms with Crippen LogP contribution in [0.4, 0.5) is 5.69 Å². The van der Waals surface area contributed by atoms with Gasteiger partial charge in [-0.15, -0.1) is 0 Å². The van der Waals surface area contributed by atoms with Crippen LogP contribution in [0.15, 0.2) is 42.7 Å². The van der Waals surface area contributed by atoms with Crippen molar-refractivity contribution in [3.63, 3.8) is 0 Å². The molecule has 0 bridgehead atoms. The number of halogens is 2. The number of aromatic nitrogens is 2. The van der Waals surface area contributed by atoms with Gasteiger partial charge in [-0.1, -0.05) is 29.3 Å². The molecule has 6 nitrogen and oxygen atoms in total. The van der Waals surface area contributed by atoms with Crippen molar-refractivity contribution in [3.05, 3.63) is 63.9 Å². The Morgan fingerprint density at radius 3 is 2.58 bits per heavy atom. The summed E-state index contributed by atoms with van der Waals surface area (Å²) in [4.78, 5) is 32.4. The molecule has 0 spiro atoms. The van der Waals surface area contributed by atoms with Crippen LogP contribution in [-0.2, 0) is 9.53 Å². The lowest BCUT2D eigenvalue weighted by Crippen LogP contribution is -2.21. The smallest absolute Gasteiger partial charge is 0.338 e. The number of rotatable bonds is 4. The summed E-state index contributed by atoms with van der Waals surface area (Å²) in [6.07, 6.45) is 3.09. The molecule has 0 aliphatic heterocycles. The van der Waals surface area contributed by atoms with Crippen molar-refractivity contribution in [2.45, 2.75) is 6.92 Å². The molecule has 3 aromatic rings. The SMILES string of the molecule is Cc1ccc(Cl)c(NC(=O)COC(=O)c2ccc3nccnc3c2)c1Cl. The van der Waals surface area contributed by atoms with Crippen LogP contribution in [0.1, 0.15) is 15.9 Å². The van der Waals surface area contributed by atoms with Crippen LogP contribution in [0.2, 0.25) is 10.0 Å². The standard InChI is InChI=1S/C18H13Cl2N3O3/c1-10-2-4-12(19)17(16(10)20)23-15(24)9-26-18(25)11-3-5-13-14(8-11)22-7-6-21-13/h2-8H,9H2,1H3,(H,23,24). The van der Waals surface area contributed by atoms with Crippen LogP contribution in [0.25, 0.3) is 11.0 Å². The van der Waals surface area contributed by atoms with Gasteiger partial charge < -0.3 is 10.1 Å². The summed E-state index contributed by atoms with van der Waals surface area (Å²) in [6, 6.07) is 8.14. The Balaban J connectivity index is 1.65. The van der Waals surface area contributed by atoms with Gasteiger partial charge in [0.15, 0.2) is 6.61 Å². The van der Waals surface area contributed by atoms with E-state index in [1.165, 1.54) is 6.20 Å². The Morgan fingerprint density at radius 2 is 1.81 bits per heavy atom. The Labute approximate surface area is 159 Å². The first-order chi connectivity index (χ1) is 12.5. The van der Waals surface area contributed by atoms with Crippen molar-refractivity contribution in [1.82, 2.24) is 9.97 Å². The van der Waals surface area contributed by atoms with Crippen LogP contribution < -0.4 is 5.32 Å². The molecule has 8 heteroatoms. The fraction of sp³-hybridized carbons (Fsp3) is 0.111. The summed E-state index contributed by atoms with van der Waals surface area (Å²) >= 11 is 12.2. The first kappa shape index (κ1) is 18.1. The number of hydrogen-bond donors (Lipinski definition) is 1. The van der Waals surface area contributed by atoms with E-state index in [4.69, 9.17) is 27.9 Å². The number of nitrogens with zero attached hydrogens (tertiary/aromatic N) is 2. The number of anilines is 1. The second kappa shape index (κ2) is 7.68. The molecule has 0 unspecified atom stereocenters. The number of fused-ring (bicyclic) bond motifs is 1. The first-order valence-electron chi connectivity index (χ1n) is 7.58. The van der Waals surface area contributed by atoms with Gasteiger partial charge in [0.25, 0.3) is 5.91 Å². The highest BCUT2D eigenvalue weighted by molar-refractivity contribution is 6.40. The quantitative estimate of drug-likeness (QED) is 0.680. The predicted octanol–water partition coefficient (Wildman–Crippen LogP) is 4.04. The molecule has 3 rings (SSSR count). The monoisotopic (exact) mass is 389 g/mol. The lowest BCUT2D eigenvalue weighted by molar-refractivity contribution is -0.119. The van der Waals surface area contributed by atoms with Crippen LogP contribution in [-0.4, -0.2) is 28.5 Å². The molecule has 0 radical (unpaired) electrons. The summed E-state index contributed by atoms with van der Waals surface area (Å²) in [6.45, 7) is 1.31. The summed E-state index contributed by atoms with van der Waals surface area (Å²) in [5.41, 5.74) is 2.55. The normalized spacial score (nSPS) is 10.6. The van der Waals surface area contributed by atoms with Crippen molar-refractivity contribution in [2.24, 2.45) is 0 Å². The van der Waals surface area contributed by atoms with E-state index in [0.717, 1.165) is 5.56 Å². The van der Waals surface area contributed by atoms with E-state index < -0.39 is 18.5 Å². The highest BCUT2D eigenvalue weighted by Gasteiger charge is 2.15. The summed E-state index contributed by atoms with van der Waals surface area (Å²) in [7, 11) is 0. The Kier molecular flexibility index (Phi) is 5.35. The third-order valence-corrected chi connectivity index (χ3v) is 4.39. The van der Waals surface area contributed by atoms with E-state index in [1.54, 1.807) is 43.5 Å². The van der Waals surface area contributed by atoms with Crippen molar-refractivity contribution in [1.29, 1.82) is 0 Å². The number of ether oxygens (including phenoxy) is 1. The maximum Gasteiger partial charge on any atom is 0.338 e. The number of benzene rings is 2. The largest absolute Gasteiger partial charge is 0.452 e. The number of hydrogen-bond acceptors (Lipinski definition) is 5. The minimum atomic E-state index is -0.644. The van der Waals surface area contributed by atoms with Crippen molar-refractivity contribution in [2.75, 3.05) is 11.9 Å². The molecule has 0 aliphatic carbocycles. The molecule has 1 N–H and O–H groups in total. The van der Waals surface area contributed by atoms with E-state index in [2.05, 4.69) is 15.3 Å². The summed E-state index contributed by atoms with van der Waals surface area (Å²) in [5, 5.41) is 3.19. The maximum absolute atomic E-state index is 12.1. The molecule has 0 aliphatic rings. The van der Waals surface area contributed by atoms with E-state index in [9.17, 15) is 9.59 Å². The number of carbonyl (C=O) groups excluding carboxylic acids is 2. The number of aryl methyl sites for hydroxylation is 1. The average molecular weight is 390 g/mol. The predicted molar refractivity (Wildman–Crippen MR) is 99.6 cm³/mol. The lowest BCUT2D eigenvalue weighted by Gasteiger charge is -2.11. The number of esters is 1. The average Bonchev–Trinajstić information content (AvgIpc) is 2.66. The molecule has 1 heterocycles. The summed E-state index contributed by atoms with van der Waals surface area (Å²) < 4.78 is 5.04. The maximum atomic E-state index is 12.1. The topological polar surface area (TPSA) is 81.2 Å². The molecule has 1 aromatic heterocycles. The van der Waals surface area contributed by atoms with Gasteiger partial charge >= 0.3 is 5.97 Å². The van der Waals surface area contributed by atoms with Gasteiger partial charge in [-0.3, -0.25) is 14.8 Å². The van der Waals surface area contributed by atoms with Crippen LogP contribution in [0, 0.1) is 6.92 Å². The van der Waals surface area contributed by atoms with E-state index >= 15 is 0 Å². The minimum Gasteiger partial charge on any atom is -0.452 e. The number of amides is 1. The highest BCUT2D eigenvalue weighted by Crippen LogP contribution is 2.32. The molecular formula is C18H13Cl2N3O3. The zero-order valence-corrected chi connectivity index (χ0v) is 15.1. The van der Waals surface area contributed by atoms with E-state index in [1.807, 2.05) is 0 Å². The zero-order valence-electron chi connectivity index (χ0n) is 13.6. The van der Waals surface area contributed by atoms with Crippen LogP contribution in [0.3, 0.4) is 0 Å². The second-order valence-corrected chi connectivity index (χ2v) is 6.22. The molecular weight excluding hydrogens is 377 g/mol. The lowest BCUT2D eigenvalue weighted by atomic mass is 10.2. The van der Waals surface area contributed by atoms with Gasteiger partial charge in [0.1, 0.15) is 0 Å². The molecule has 2 aromatic carbocycles.